The molecule has 0 aliphatic heterocycles. The van der Waals surface area contributed by atoms with Gasteiger partial charge in [-0.25, -0.2) is 4.79 Å². The van der Waals surface area contributed by atoms with Crippen LogP contribution in [0.3, 0.4) is 0 Å². The Balaban J connectivity index is 2.64. The number of rotatable bonds is 6. The Kier molecular flexibility index (Phi) is 6.20. The quantitative estimate of drug-likeness (QED) is 0.767. The number of benzene rings is 1. The molecular weight excluding hydrogens is 370 g/mol. The van der Waals surface area contributed by atoms with Crippen LogP contribution in [0.15, 0.2) is 50.6 Å². The summed E-state index contributed by atoms with van der Waals surface area (Å²) in [5.41, 5.74) is 1.50. The van der Waals surface area contributed by atoms with Crippen LogP contribution < -0.4 is 16.6 Å². The molecule has 0 bridgehead atoms. The standard InChI is InChI=1S/C18H22BrN3O2/c1-4-11-21-17(23)16(20-15(19)5-2)13(3)22(18(21)24)12-14-9-7-6-8-10-14/h5-10,20H,4,11-12H2,1-3H3/b15-5-. The van der Waals surface area contributed by atoms with Crippen LogP contribution in [0.4, 0.5) is 5.69 Å². The molecule has 0 spiro atoms. The molecule has 2 rings (SSSR count). The topological polar surface area (TPSA) is 56.0 Å². The molecule has 5 nitrogen and oxygen atoms in total. The van der Waals surface area contributed by atoms with E-state index in [1.54, 1.807) is 11.5 Å². The predicted molar refractivity (Wildman–Crippen MR) is 102 cm³/mol. The van der Waals surface area contributed by atoms with Gasteiger partial charge in [-0.3, -0.25) is 13.9 Å². The van der Waals surface area contributed by atoms with Gasteiger partial charge >= 0.3 is 5.69 Å². The minimum atomic E-state index is -0.289. The molecule has 128 valence electrons. The van der Waals surface area contributed by atoms with Crippen molar-refractivity contribution in [1.29, 1.82) is 0 Å². The van der Waals surface area contributed by atoms with E-state index in [0.717, 1.165) is 5.56 Å². The maximum absolute atomic E-state index is 12.8. The highest BCUT2D eigenvalue weighted by atomic mass is 79.9. The second-order valence-corrected chi connectivity index (χ2v) is 6.39. The highest BCUT2D eigenvalue weighted by molar-refractivity contribution is 9.11. The molecule has 24 heavy (non-hydrogen) atoms. The average Bonchev–Trinajstić information content (AvgIpc) is 2.60. The fourth-order valence-electron chi connectivity index (χ4n) is 2.51. The van der Waals surface area contributed by atoms with Crippen LogP contribution in [0.25, 0.3) is 0 Å². The fourth-order valence-corrected chi connectivity index (χ4v) is 2.71. The van der Waals surface area contributed by atoms with Gasteiger partial charge in [0.15, 0.2) is 0 Å². The third kappa shape index (κ3) is 3.87. The summed E-state index contributed by atoms with van der Waals surface area (Å²) in [7, 11) is 0. The van der Waals surface area contributed by atoms with E-state index in [0.29, 0.717) is 35.5 Å². The van der Waals surface area contributed by atoms with Crippen molar-refractivity contribution in [1.82, 2.24) is 9.13 Å². The van der Waals surface area contributed by atoms with Crippen molar-refractivity contribution in [3.05, 3.63) is 73.1 Å². The molecule has 0 radical (unpaired) electrons. The van der Waals surface area contributed by atoms with Gasteiger partial charge in [0.2, 0.25) is 0 Å². The molecule has 0 aliphatic carbocycles. The van der Waals surface area contributed by atoms with Crippen molar-refractivity contribution in [2.24, 2.45) is 0 Å². The van der Waals surface area contributed by atoms with E-state index in [4.69, 9.17) is 0 Å². The van der Waals surface area contributed by atoms with Crippen molar-refractivity contribution < 1.29 is 0 Å². The summed E-state index contributed by atoms with van der Waals surface area (Å²) >= 11 is 3.37. The second kappa shape index (κ2) is 8.15. The second-order valence-electron chi connectivity index (χ2n) is 5.53. The van der Waals surface area contributed by atoms with Crippen molar-refractivity contribution >= 4 is 21.6 Å². The van der Waals surface area contributed by atoms with Gasteiger partial charge in [-0.15, -0.1) is 0 Å². The molecule has 0 amide bonds. The first-order valence-corrected chi connectivity index (χ1v) is 8.75. The molecule has 0 saturated heterocycles. The lowest BCUT2D eigenvalue weighted by atomic mass is 10.2. The lowest BCUT2D eigenvalue weighted by Crippen LogP contribution is -2.42. The van der Waals surface area contributed by atoms with E-state index in [1.807, 2.05) is 50.3 Å². The molecule has 6 heteroatoms. The van der Waals surface area contributed by atoms with Crippen LogP contribution in [0, 0.1) is 6.92 Å². The van der Waals surface area contributed by atoms with Crippen molar-refractivity contribution in [3.63, 3.8) is 0 Å². The molecule has 0 aliphatic rings. The summed E-state index contributed by atoms with van der Waals surface area (Å²) in [6.45, 7) is 6.42. The summed E-state index contributed by atoms with van der Waals surface area (Å²) in [5, 5.41) is 3.07. The van der Waals surface area contributed by atoms with Gasteiger partial charge in [0.25, 0.3) is 5.56 Å². The van der Waals surface area contributed by atoms with E-state index < -0.39 is 0 Å². The zero-order valence-electron chi connectivity index (χ0n) is 14.2. The number of hydrogen-bond acceptors (Lipinski definition) is 3. The van der Waals surface area contributed by atoms with Gasteiger partial charge < -0.3 is 5.32 Å². The number of nitrogens with zero attached hydrogens (tertiary/aromatic N) is 2. The molecule has 1 heterocycles. The average molecular weight is 392 g/mol. The van der Waals surface area contributed by atoms with Crippen LogP contribution in [0.1, 0.15) is 31.5 Å². The van der Waals surface area contributed by atoms with E-state index in [2.05, 4.69) is 21.2 Å². The molecule has 2 aromatic rings. The van der Waals surface area contributed by atoms with Crippen LogP contribution in [0.2, 0.25) is 0 Å². The zero-order chi connectivity index (χ0) is 17.7. The Morgan fingerprint density at radius 2 is 1.88 bits per heavy atom. The highest BCUT2D eigenvalue weighted by Crippen LogP contribution is 2.14. The Morgan fingerprint density at radius 1 is 1.21 bits per heavy atom. The fraction of sp³-hybridized carbons (Fsp3) is 0.333. The molecule has 0 atom stereocenters. The molecule has 0 unspecified atom stereocenters. The molecule has 1 N–H and O–H groups in total. The lowest BCUT2D eigenvalue weighted by Gasteiger charge is -2.18. The van der Waals surface area contributed by atoms with E-state index in [-0.39, 0.29) is 11.2 Å². The van der Waals surface area contributed by atoms with Gasteiger partial charge in [0.05, 0.1) is 11.2 Å². The van der Waals surface area contributed by atoms with Crippen molar-refractivity contribution in [3.8, 4) is 0 Å². The van der Waals surface area contributed by atoms with Gasteiger partial charge in [0, 0.05) is 12.2 Å². The zero-order valence-corrected chi connectivity index (χ0v) is 15.8. The first kappa shape index (κ1) is 18.3. The van der Waals surface area contributed by atoms with Crippen molar-refractivity contribution in [2.75, 3.05) is 5.32 Å². The number of halogens is 1. The van der Waals surface area contributed by atoms with Crippen LogP contribution in [0.5, 0.6) is 0 Å². The van der Waals surface area contributed by atoms with Gasteiger partial charge in [-0.2, -0.15) is 0 Å². The Labute approximate surface area is 149 Å². The summed E-state index contributed by atoms with van der Waals surface area (Å²) in [5.74, 6) is 0. The highest BCUT2D eigenvalue weighted by Gasteiger charge is 2.16. The molecular formula is C18H22BrN3O2. The Hall–Kier alpha value is -2.08. The van der Waals surface area contributed by atoms with Crippen LogP contribution in [-0.4, -0.2) is 9.13 Å². The van der Waals surface area contributed by atoms with E-state index >= 15 is 0 Å². The van der Waals surface area contributed by atoms with E-state index in [1.165, 1.54) is 4.57 Å². The van der Waals surface area contributed by atoms with Gasteiger partial charge in [-0.05, 0) is 41.8 Å². The number of hydrogen-bond donors (Lipinski definition) is 1. The van der Waals surface area contributed by atoms with Gasteiger partial charge in [0.1, 0.15) is 5.69 Å². The monoisotopic (exact) mass is 391 g/mol. The maximum atomic E-state index is 12.8. The van der Waals surface area contributed by atoms with Crippen LogP contribution in [-0.2, 0) is 13.1 Å². The minimum absolute atomic E-state index is 0.273. The molecule has 0 fully saturated rings. The Bertz CT molecular complexity index is 851. The number of aromatic nitrogens is 2. The summed E-state index contributed by atoms with van der Waals surface area (Å²) < 4.78 is 3.63. The third-order valence-corrected chi connectivity index (χ3v) is 4.47. The number of nitrogens with one attached hydrogen (secondary N) is 1. The van der Waals surface area contributed by atoms with Crippen LogP contribution >= 0.6 is 15.9 Å². The lowest BCUT2D eigenvalue weighted by molar-refractivity contribution is 0.559. The maximum Gasteiger partial charge on any atom is 0.331 e. The SMILES string of the molecule is C/C=C(/Br)Nc1c(C)n(Cc2ccccc2)c(=O)n(CCC)c1=O. The largest absolute Gasteiger partial charge is 0.344 e. The Morgan fingerprint density at radius 3 is 2.46 bits per heavy atom. The normalized spacial score (nSPS) is 11.6. The molecule has 1 aromatic carbocycles. The summed E-state index contributed by atoms with van der Waals surface area (Å²) in [6, 6.07) is 9.75. The predicted octanol–water partition coefficient (Wildman–Crippen LogP) is 3.44. The smallest absolute Gasteiger partial charge is 0.331 e. The van der Waals surface area contributed by atoms with Gasteiger partial charge in [-0.1, -0.05) is 43.3 Å². The van der Waals surface area contributed by atoms with E-state index in [9.17, 15) is 9.59 Å². The first-order valence-electron chi connectivity index (χ1n) is 7.96. The molecule has 0 saturated carbocycles. The first-order chi connectivity index (χ1) is 11.5. The summed E-state index contributed by atoms with van der Waals surface area (Å²) in [4.78, 5) is 25.5. The third-order valence-electron chi connectivity index (χ3n) is 3.82. The molecule has 1 aromatic heterocycles. The van der Waals surface area contributed by atoms with Crippen molar-refractivity contribution in [2.45, 2.75) is 40.3 Å². The number of allylic oxidation sites excluding steroid dienone is 1. The number of anilines is 1. The summed E-state index contributed by atoms with van der Waals surface area (Å²) in [6.07, 6.45) is 2.53. The minimum Gasteiger partial charge on any atom is -0.344 e.